The number of carbonyl (C=O) groups is 3. The second-order valence-electron chi connectivity index (χ2n) is 8.59. The summed E-state index contributed by atoms with van der Waals surface area (Å²) < 4.78 is 5.38. The van der Waals surface area contributed by atoms with E-state index in [1.807, 2.05) is 40.1 Å². The van der Waals surface area contributed by atoms with Crippen LogP contribution in [-0.4, -0.2) is 89.9 Å². The fourth-order valence-electron chi connectivity index (χ4n) is 4.89. The maximum atomic E-state index is 13.2. The molecule has 0 saturated carbocycles. The van der Waals surface area contributed by atoms with Crippen LogP contribution in [0.3, 0.4) is 0 Å². The summed E-state index contributed by atoms with van der Waals surface area (Å²) in [7, 11) is 0. The molecule has 0 unspecified atom stereocenters. The van der Waals surface area contributed by atoms with Gasteiger partial charge in [-0.05, 0) is 24.8 Å². The van der Waals surface area contributed by atoms with Crippen molar-refractivity contribution in [2.45, 2.75) is 50.9 Å². The van der Waals surface area contributed by atoms with Crippen LogP contribution in [-0.2, 0) is 25.7 Å². The number of likely N-dealkylation sites (tertiary alicyclic amines) is 2. The smallest absolute Gasteiger partial charge is 0.240 e. The zero-order valence-corrected chi connectivity index (χ0v) is 18.2. The maximum Gasteiger partial charge on any atom is 0.240 e. The van der Waals surface area contributed by atoms with Crippen molar-refractivity contribution in [1.82, 2.24) is 20.0 Å². The molecule has 4 rings (SSSR count). The molecule has 1 aromatic carbocycles. The Morgan fingerprint density at radius 2 is 1.65 bits per heavy atom. The summed E-state index contributed by atoms with van der Waals surface area (Å²) in [6, 6.07) is 9.41. The summed E-state index contributed by atoms with van der Waals surface area (Å²) in [5, 5.41) is 3.05. The number of morpholine rings is 1. The van der Waals surface area contributed by atoms with E-state index in [0.717, 1.165) is 18.4 Å². The Kier molecular flexibility index (Phi) is 6.87. The number of hydrogen-bond donors (Lipinski definition) is 1. The highest BCUT2D eigenvalue weighted by molar-refractivity contribution is 5.89. The van der Waals surface area contributed by atoms with Crippen molar-refractivity contribution in [3.05, 3.63) is 35.9 Å². The van der Waals surface area contributed by atoms with Gasteiger partial charge in [0.05, 0.1) is 25.3 Å². The van der Waals surface area contributed by atoms with Crippen molar-refractivity contribution in [3.63, 3.8) is 0 Å². The molecule has 8 heteroatoms. The molecule has 3 aliphatic rings. The Morgan fingerprint density at radius 3 is 2.29 bits per heavy atom. The molecule has 0 bridgehead atoms. The summed E-state index contributed by atoms with van der Waals surface area (Å²) in [6.07, 6.45) is 2.12. The first kappa shape index (κ1) is 21.8. The van der Waals surface area contributed by atoms with Gasteiger partial charge in [-0.15, -0.1) is 0 Å². The molecular formula is C23H32N4O4. The van der Waals surface area contributed by atoms with Crippen LogP contribution in [0.5, 0.6) is 0 Å². The van der Waals surface area contributed by atoms with Crippen molar-refractivity contribution in [1.29, 1.82) is 0 Å². The predicted octanol–water partition coefficient (Wildman–Crippen LogP) is 0.615. The molecule has 31 heavy (non-hydrogen) atoms. The van der Waals surface area contributed by atoms with Gasteiger partial charge in [-0.2, -0.15) is 0 Å². The van der Waals surface area contributed by atoms with Gasteiger partial charge in [-0.1, -0.05) is 30.3 Å². The minimum atomic E-state index is -0.299. The lowest BCUT2D eigenvalue weighted by Crippen LogP contribution is -2.70. The zero-order chi connectivity index (χ0) is 21.8. The zero-order valence-electron chi connectivity index (χ0n) is 18.2. The van der Waals surface area contributed by atoms with Gasteiger partial charge in [0.15, 0.2) is 0 Å². The molecule has 168 valence electrons. The van der Waals surface area contributed by atoms with Crippen LogP contribution in [0, 0.1) is 0 Å². The van der Waals surface area contributed by atoms with Crippen LogP contribution >= 0.6 is 0 Å². The van der Waals surface area contributed by atoms with Crippen molar-refractivity contribution < 1.29 is 19.1 Å². The molecular weight excluding hydrogens is 396 g/mol. The molecule has 3 aliphatic heterocycles. The molecule has 1 aromatic rings. The number of hydrogen-bond acceptors (Lipinski definition) is 5. The van der Waals surface area contributed by atoms with Crippen molar-refractivity contribution >= 4 is 17.7 Å². The summed E-state index contributed by atoms with van der Waals surface area (Å²) in [5.41, 5.74) is 1.05. The maximum absolute atomic E-state index is 13.2. The summed E-state index contributed by atoms with van der Waals surface area (Å²) >= 11 is 0. The van der Waals surface area contributed by atoms with E-state index in [9.17, 15) is 14.4 Å². The van der Waals surface area contributed by atoms with Gasteiger partial charge >= 0.3 is 0 Å². The normalized spacial score (nSPS) is 25.1. The van der Waals surface area contributed by atoms with E-state index < -0.39 is 0 Å². The third-order valence-electron chi connectivity index (χ3n) is 6.72. The van der Waals surface area contributed by atoms with Gasteiger partial charge in [0.25, 0.3) is 0 Å². The minimum Gasteiger partial charge on any atom is -0.378 e. The number of benzene rings is 1. The van der Waals surface area contributed by atoms with Gasteiger partial charge in [0.2, 0.25) is 17.7 Å². The molecule has 0 aliphatic carbocycles. The molecule has 3 amide bonds. The predicted molar refractivity (Wildman–Crippen MR) is 115 cm³/mol. The lowest BCUT2D eigenvalue weighted by molar-refractivity contribution is -0.160. The van der Waals surface area contributed by atoms with Gasteiger partial charge in [0, 0.05) is 45.7 Å². The SMILES string of the molecule is CC(=O)N1CCC(N2[C@@H](C(=O)NCc3ccccc3)C[C@H]2C(=O)N2CCOCC2)CC1. The Bertz CT molecular complexity index is 788. The molecule has 3 saturated heterocycles. The first-order chi connectivity index (χ1) is 15.0. The van der Waals surface area contributed by atoms with E-state index in [4.69, 9.17) is 4.74 Å². The summed E-state index contributed by atoms with van der Waals surface area (Å²) in [4.78, 5) is 43.7. The lowest BCUT2D eigenvalue weighted by Gasteiger charge is -2.53. The van der Waals surface area contributed by atoms with Crippen molar-refractivity contribution in [2.24, 2.45) is 0 Å². The van der Waals surface area contributed by atoms with Crippen LogP contribution in [0.4, 0.5) is 0 Å². The molecule has 3 fully saturated rings. The Morgan fingerprint density at radius 1 is 0.968 bits per heavy atom. The lowest BCUT2D eigenvalue weighted by atomic mass is 9.85. The van der Waals surface area contributed by atoms with Crippen molar-refractivity contribution in [3.8, 4) is 0 Å². The average molecular weight is 429 g/mol. The van der Waals surface area contributed by atoms with Gasteiger partial charge in [-0.3, -0.25) is 19.3 Å². The topological polar surface area (TPSA) is 82.2 Å². The fraction of sp³-hybridized carbons (Fsp3) is 0.609. The summed E-state index contributed by atoms with van der Waals surface area (Å²) in [6.45, 7) is 5.77. The van der Waals surface area contributed by atoms with E-state index in [2.05, 4.69) is 10.2 Å². The third kappa shape index (κ3) is 4.91. The summed E-state index contributed by atoms with van der Waals surface area (Å²) in [5.74, 6) is 0.161. The van der Waals surface area contributed by atoms with Crippen LogP contribution in [0.2, 0.25) is 0 Å². The number of nitrogens with zero attached hydrogens (tertiary/aromatic N) is 3. The number of piperidine rings is 1. The monoisotopic (exact) mass is 428 g/mol. The molecule has 0 spiro atoms. The molecule has 2 atom stereocenters. The van der Waals surface area contributed by atoms with E-state index in [0.29, 0.717) is 52.4 Å². The van der Waals surface area contributed by atoms with E-state index in [1.54, 1.807) is 6.92 Å². The molecule has 3 heterocycles. The minimum absolute atomic E-state index is 0.0242. The number of amides is 3. The van der Waals surface area contributed by atoms with Gasteiger partial charge in [-0.25, -0.2) is 0 Å². The van der Waals surface area contributed by atoms with Crippen LogP contribution < -0.4 is 5.32 Å². The Balaban J connectivity index is 1.42. The number of carbonyl (C=O) groups excluding carboxylic acids is 3. The van der Waals surface area contributed by atoms with Gasteiger partial charge < -0.3 is 19.9 Å². The highest BCUT2D eigenvalue weighted by atomic mass is 16.5. The second-order valence-corrected chi connectivity index (χ2v) is 8.59. The first-order valence-electron chi connectivity index (χ1n) is 11.3. The number of nitrogens with one attached hydrogen (secondary N) is 1. The molecule has 8 nitrogen and oxygen atoms in total. The van der Waals surface area contributed by atoms with Gasteiger partial charge in [0.1, 0.15) is 0 Å². The largest absolute Gasteiger partial charge is 0.378 e. The number of rotatable bonds is 5. The Hall–Kier alpha value is -2.45. The van der Waals surface area contributed by atoms with E-state index in [-0.39, 0.29) is 35.8 Å². The highest BCUT2D eigenvalue weighted by Gasteiger charge is 2.51. The van der Waals surface area contributed by atoms with Crippen molar-refractivity contribution in [2.75, 3.05) is 39.4 Å². The fourth-order valence-corrected chi connectivity index (χ4v) is 4.89. The highest BCUT2D eigenvalue weighted by Crippen LogP contribution is 2.34. The Labute approximate surface area is 183 Å². The van der Waals surface area contributed by atoms with E-state index in [1.165, 1.54) is 0 Å². The third-order valence-corrected chi connectivity index (χ3v) is 6.72. The van der Waals surface area contributed by atoms with Crippen LogP contribution in [0.15, 0.2) is 30.3 Å². The molecule has 0 aromatic heterocycles. The first-order valence-corrected chi connectivity index (χ1v) is 11.3. The average Bonchev–Trinajstić information content (AvgIpc) is 2.78. The van der Waals surface area contributed by atoms with E-state index >= 15 is 0 Å². The number of ether oxygens (including phenoxy) is 1. The molecule has 0 radical (unpaired) electrons. The standard InChI is InChI=1S/C23H32N4O4/c1-17(28)25-9-7-19(8-10-25)27-20(22(29)24-16-18-5-3-2-4-6-18)15-21(27)23(30)26-11-13-31-14-12-26/h2-6,19-21H,7-16H2,1H3,(H,24,29)/t20-,21+/m1/s1. The quantitative estimate of drug-likeness (QED) is 0.743. The van der Waals surface area contributed by atoms with Crippen LogP contribution in [0.1, 0.15) is 31.7 Å². The second kappa shape index (κ2) is 9.78. The molecule has 1 N–H and O–H groups in total. The van der Waals surface area contributed by atoms with Crippen LogP contribution in [0.25, 0.3) is 0 Å².